The molecule has 1 aromatic carbocycles. The average molecular weight is 260 g/mol. The molecule has 2 aromatic rings. The van der Waals surface area contributed by atoms with E-state index in [0.717, 1.165) is 29.7 Å². The summed E-state index contributed by atoms with van der Waals surface area (Å²) in [5, 5.41) is 0. The number of ether oxygens (including phenoxy) is 1. The monoisotopic (exact) mass is 260 g/mol. The molecule has 0 atom stereocenters. The topological polar surface area (TPSA) is 44.1 Å². The van der Waals surface area contributed by atoms with E-state index in [1.54, 1.807) is 4.57 Å². The summed E-state index contributed by atoms with van der Waals surface area (Å²) < 4.78 is 7.05. The fourth-order valence-electron chi connectivity index (χ4n) is 1.98. The van der Waals surface area contributed by atoms with Gasteiger partial charge >= 0.3 is 6.09 Å². The first-order chi connectivity index (χ1) is 8.92. The van der Waals surface area contributed by atoms with Gasteiger partial charge in [-0.2, -0.15) is 0 Å². The number of aryl methyl sites for hydroxylation is 1. The highest BCUT2D eigenvalue weighted by Crippen LogP contribution is 2.19. The second-order valence-corrected chi connectivity index (χ2v) is 5.58. The van der Waals surface area contributed by atoms with Gasteiger partial charge in [0.25, 0.3) is 0 Å². The van der Waals surface area contributed by atoms with Crippen LogP contribution in [0, 0.1) is 0 Å². The molecule has 0 bridgehead atoms. The standard InChI is InChI=1S/C15H20N2O2/c1-5-8-13-16-11-9-6-7-10-12(11)17(13)14(18)19-15(2,3)4/h6-7,9-10H,5,8H2,1-4H3. The van der Waals surface area contributed by atoms with Crippen molar-refractivity contribution in [2.45, 2.75) is 46.1 Å². The third kappa shape index (κ3) is 2.95. The van der Waals surface area contributed by atoms with Crippen molar-refractivity contribution in [2.75, 3.05) is 0 Å². The summed E-state index contributed by atoms with van der Waals surface area (Å²) in [5.74, 6) is 0.762. The molecular formula is C15H20N2O2. The zero-order valence-electron chi connectivity index (χ0n) is 11.9. The normalized spacial score (nSPS) is 11.8. The molecule has 0 saturated heterocycles. The Kier molecular flexibility index (Phi) is 3.60. The quantitative estimate of drug-likeness (QED) is 0.825. The molecule has 102 valence electrons. The van der Waals surface area contributed by atoms with Crippen LogP contribution >= 0.6 is 0 Å². The van der Waals surface area contributed by atoms with Gasteiger partial charge in [-0.05, 0) is 39.3 Å². The lowest BCUT2D eigenvalue weighted by Crippen LogP contribution is -2.28. The van der Waals surface area contributed by atoms with E-state index < -0.39 is 5.60 Å². The van der Waals surface area contributed by atoms with Crippen molar-refractivity contribution in [1.29, 1.82) is 0 Å². The van der Waals surface area contributed by atoms with Crippen LogP contribution in [0.5, 0.6) is 0 Å². The predicted octanol–water partition coefficient (Wildman–Crippen LogP) is 3.77. The number of nitrogens with zero attached hydrogens (tertiary/aromatic N) is 2. The number of fused-ring (bicyclic) bond motifs is 1. The van der Waals surface area contributed by atoms with Crippen molar-refractivity contribution in [2.24, 2.45) is 0 Å². The molecule has 0 saturated carbocycles. The third-order valence-electron chi connectivity index (χ3n) is 2.68. The molecule has 0 aliphatic carbocycles. The van der Waals surface area contributed by atoms with Crippen LogP contribution in [0.25, 0.3) is 11.0 Å². The highest BCUT2D eigenvalue weighted by molar-refractivity contribution is 5.87. The minimum atomic E-state index is -0.508. The molecule has 0 amide bonds. The molecule has 4 heteroatoms. The number of carbonyl (C=O) groups excluding carboxylic acids is 1. The number of rotatable bonds is 2. The second-order valence-electron chi connectivity index (χ2n) is 5.58. The van der Waals surface area contributed by atoms with E-state index in [0.29, 0.717) is 0 Å². The minimum Gasteiger partial charge on any atom is -0.443 e. The van der Waals surface area contributed by atoms with Crippen LogP contribution in [0.4, 0.5) is 4.79 Å². The molecule has 0 unspecified atom stereocenters. The summed E-state index contributed by atoms with van der Waals surface area (Å²) in [4.78, 5) is 16.8. The third-order valence-corrected chi connectivity index (χ3v) is 2.68. The average Bonchev–Trinajstić information content (AvgIpc) is 2.65. The maximum atomic E-state index is 12.3. The zero-order chi connectivity index (χ0) is 14.0. The first kappa shape index (κ1) is 13.6. The molecule has 19 heavy (non-hydrogen) atoms. The van der Waals surface area contributed by atoms with Gasteiger partial charge in [-0.15, -0.1) is 0 Å². The second kappa shape index (κ2) is 5.03. The van der Waals surface area contributed by atoms with E-state index in [2.05, 4.69) is 11.9 Å². The van der Waals surface area contributed by atoms with Gasteiger partial charge in [0.2, 0.25) is 0 Å². The number of imidazole rings is 1. The first-order valence-corrected chi connectivity index (χ1v) is 6.62. The van der Waals surface area contributed by atoms with Crippen LogP contribution in [0.15, 0.2) is 24.3 Å². The van der Waals surface area contributed by atoms with Crippen LogP contribution in [-0.2, 0) is 11.2 Å². The zero-order valence-corrected chi connectivity index (χ0v) is 11.9. The first-order valence-electron chi connectivity index (χ1n) is 6.62. The van der Waals surface area contributed by atoms with Gasteiger partial charge in [0, 0.05) is 6.42 Å². The van der Waals surface area contributed by atoms with Gasteiger partial charge in [0.05, 0.1) is 11.0 Å². The highest BCUT2D eigenvalue weighted by Gasteiger charge is 2.22. The van der Waals surface area contributed by atoms with Crippen molar-refractivity contribution in [1.82, 2.24) is 9.55 Å². The molecule has 0 N–H and O–H groups in total. The van der Waals surface area contributed by atoms with E-state index in [1.165, 1.54) is 0 Å². The highest BCUT2D eigenvalue weighted by atomic mass is 16.6. The van der Waals surface area contributed by atoms with Gasteiger partial charge in [-0.1, -0.05) is 19.1 Å². The lowest BCUT2D eigenvalue weighted by Gasteiger charge is -2.20. The van der Waals surface area contributed by atoms with Crippen molar-refractivity contribution in [3.8, 4) is 0 Å². The Balaban J connectivity index is 2.50. The van der Waals surface area contributed by atoms with E-state index in [4.69, 9.17) is 4.74 Å². The van der Waals surface area contributed by atoms with Gasteiger partial charge in [0.15, 0.2) is 0 Å². The van der Waals surface area contributed by atoms with E-state index in [1.807, 2.05) is 45.0 Å². The molecule has 1 aromatic heterocycles. The summed E-state index contributed by atoms with van der Waals surface area (Å²) in [5.41, 5.74) is 1.13. The molecule has 0 radical (unpaired) electrons. The maximum Gasteiger partial charge on any atom is 0.420 e. The molecule has 0 fully saturated rings. The molecule has 1 heterocycles. The lowest BCUT2D eigenvalue weighted by molar-refractivity contribution is 0.0539. The van der Waals surface area contributed by atoms with E-state index in [9.17, 15) is 4.79 Å². The Morgan fingerprint density at radius 3 is 2.63 bits per heavy atom. The van der Waals surface area contributed by atoms with Crippen molar-refractivity contribution in [3.63, 3.8) is 0 Å². The molecule has 0 aliphatic heterocycles. The number of para-hydroxylation sites is 2. The Hall–Kier alpha value is -1.84. The van der Waals surface area contributed by atoms with Crippen molar-refractivity contribution >= 4 is 17.1 Å². The Morgan fingerprint density at radius 2 is 2.00 bits per heavy atom. The van der Waals surface area contributed by atoms with Crippen LogP contribution in [0.2, 0.25) is 0 Å². The number of carbonyl (C=O) groups is 1. The Labute approximate surface area is 113 Å². The summed E-state index contributed by atoms with van der Waals surface area (Å²) in [6, 6.07) is 7.63. The van der Waals surface area contributed by atoms with E-state index >= 15 is 0 Å². The fraction of sp³-hybridized carbons (Fsp3) is 0.467. The van der Waals surface area contributed by atoms with Gasteiger partial charge in [0.1, 0.15) is 11.4 Å². The number of aromatic nitrogens is 2. The predicted molar refractivity (Wildman–Crippen MR) is 75.4 cm³/mol. The van der Waals surface area contributed by atoms with Crippen molar-refractivity contribution in [3.05, 3.63) is 30.1 Å². The van der Waals surface area contributed by atoms with Crippen LogP contribution in [-0.4, -0.2) is 21.2 Å². The molecule has 4 nitrogen and oxygen atoms in total. The van der Waals surface area contributed by atoms with Gasteiger partial charge in [-0.25, -0.2) is 14.3 Å². The fourth-order valence-corrected chi connectivity index (χ4v) is 1.98. The molecule has 2 rings (SSSR count). The van der Waals surface area contributed by atoms with Crippen LogP contribution < -0.4 is 0 Å². The molecule has 0 aliphatic rings. The van der Waals surface area contributed by atoms with E-state index in [-0.39, 0.29) is 6.09 Å². The Morgan fingerprint density at radius 1 is 1.32 bits per heavy atom. The van der Waals surface area contributed by atoms with Crippen molar-refractivity contribution < 1.29 is 9.53 Å². The van der Waals surface area contributed by atoms with Crippen LogP contribution in [0.1, 0.15) is 39.9 Å². The number of hydrogen-bond acceptors (Lipinski definition) is 3. The summed E-state index contributed by atoms with van der Waals surface area (Å²) in [6.45, 7) is 7.66. The SMILES string of the molecule is CCCc1nc2ccccc2n1C(=O)OC(C)(C)C. The largest absolute Gasteiger partial charge is 0.443 e. The van der Waals surface area contributed by atoms with Crippen LogP contribution in [0.3, 0.4) is 0 Å². The summed E-state index contributed by atoms with van der Waals surface area (Å²) >= 11 is 0. The summed E-state index contributed by atoms with van der Waals surface area (Å²) in [6.07, 6.45) is 1.34. The number of benzene rings is 1. The minimum absolute atomic E-state index is 0.357. The maximum absolute atomic E-state index is 12.3. The molecule has 0 spiro atoms. The Bertz CT molecular complexity index is 594. The molecular weight excluding hydrogens is 240 g/mol. The van der Waals surface area contributed by atoms with Gasteiger partial charge < -0.3 is 4.74 Å². The smallest absolute Gasteiger partial charge is 0.420 e. The number of hydrogen-bond donors (Lipinski definition) is 0. The lowest BCUT2D eigenvalue weighted by atomic mass is 10.2. The van der Waals surface area contributed by atoms with Gasteiger partial charge in [-0.3, -0.25) is 0 Å². The summed E-state index contributed by atoms with van der Waals surface area (Å²) in [7, 11) is 0.